The molecule has 0 aliphatic rings. The van der Waals surface area contributed by atoms with E-state index in [0.29, 0.717) is 5.70 Å². The van der Waals surface area contributed by atoms with Crippen molar-refractivity contribution in [2.45, 2.75) is 39.3 Å². The summed E-state index contributed by atoms with van der Waals surface area (Å²) < 4.78 is 9.66. The third-order valence-electron chi connectivity index (χ3n) is 3.23. The van der Waals surface area contributed by atoms with Crippen molar-refractivity contribution >= 4 is 17.9 Å². The van der Waals surface area contributed by atoms with Gasteiger partial charge in [-0.15, -0.1) is 0 Å². The van der Waals surface area contributed by atoms with Crippen molar-refractivity contribution in [3.8, 4) is 0 Å². The van der Waals surface area contributed by atoms with Crippen molar-refractivity contribution < 1.29 is 29.0 Å². The van der Waals surface area contributed by atoms with Gasteiger partial charge in [-0.1, -0.05) is 30.3 Å². The Kier molecular flexibility index (Phi) is 8.18. The van der Waals surface area contributed by atoms with Gasteiger partial charge in [-0.05, 0) is 26.3 Å². The molecule has 2 atom stereocenters. The first-order chi connectivity index (χ1) is 11.8. The number of hydrogen-bond donors (Lipinski definition) is 2. The second kappa shape index (κ2) is 10.1. The van der Waals surface area contributed by atoms with Crippen molar-refractivity contribution in [1.29, 1.82) is 0 Å². The van der Waals surface area contributed by atoms with Crippen LogP contribution in [0.4, 0.5) is 0 Å². The number of benzene rings is 1. The fourth-order valence-corrected chi connectivity index (χ4v) is 2.06. The van der Waals surface area contributed by atoms with E-state index in [2.05, 4.69) is 5.32 Å². The lowest BCUT2D eigenvalue weighted by atomic mass is 10.1. The molecule has 0 aliphatic carbocycles. The number of nitrogens with one attached hydrogen (secondary N) is 1. The Morgan fingerprint density at radius 3 is 2.44 bits per heavy atom. The fraction of sp³-hybridized carbons (Fsp3) is 0.389. The first-order valence-electron chi connectivity index (χ1n) is 7.92. The Balaban J connectivity index is 2.65. The van der Waals surface area contributed by atoms with Gasteiger partial charge in [0.1, 0.15) is 6.04 Å². The number of hydrogen-bond acceptors (Lipinski definition) is 6. The molecule has 25 heavy (non-hydrogen) atoms. The first-order valence-corrected chi connectivity index (χ1v) is 7.92. The largest absolute Gasteiger partial charge is 0.480 e. The summed E-state index contributed by atoms with van der Waals surface area (Å²) in [6.07, 6.45) is 0.336. The number of ether oxygens (including phenoxy) is 2. The average molecular weight is 349 g/mol. The second-order valence-electron chi connectivity index (χ2n) is 5.38. The van der Waals surface area contributed by atoms with Crippen LogP contribution in [0, 0.1) is 0 Å². The lowest BCUT2D eigenvalue weighted by Crippen LogP contribution is -2.37. The van der Waals surface area contributed by atoms with Crippen molar-refractivity contribution in [2.75, 3.05) is 6.61 Å². The number of carbonyl (C=O) groups is 3. The van der Waals surface area contributed by atoms with Gasteiger partial charge in [0.15, 0.2) is 6.10 Å². The van der Waals surface area contributed by atoms with Crippen LogP contribution >= 0.6 is 0 Å². The number of allylic oxidation sites excluding steroid dienone is 1. The molecule has 7 heteroatoms. The zero-order valence-electron chi connectivity index (χ0n) is 14.5. The first kappa shape index (κ1) is 20.2. The predicted molar refractivity (Wildman–Crippen MR) is 90.6 cm³/mol. The highest BCUT2D eigenvalue weighted by Gasteiger charge is 2.20. The molecule has 0 amide bonds. The van der Waals surface area contributed by atoms with Crippen molar-refractivity contribution in [1.82, 2.24) is 5.32 Å². The molecule has 0 aliphatic heterocycles. The van der Waals surface area contributed by atoms with E-state index in [1.807, 2.05) is 30.3 Å². The van der Waals surface area contributed by atoms with Gasteiger partial charge < -0.3 is 19.9 Å². The van der Waals surface area contributed by atoms with Crippen LogP contribution in [0.1, 0.15) is 26.3 Å². The number of aliphatic carboxylic acids is 1. The Hall–Kier alpha value is -2.83. The molecule has 1 unspecified atom stereocenters. The van der Waals surface area contributed by atoms with Crippen LogP contribution in [-0.2, 0) is 30.3 Å². The van der Waals surface area contributed by atoms with E-state index in [0.717, 1.165) is 11.6 Å². The fourth-order valence-electron chi connectivity index (χ4n) is 2.06. The molecular formula is C18H23NO6. The summed E-state index contributed by atoms with van der Waals surface area (Å²) in [4.78, 5) is 34.6. The summed E-state index contributed by atoms with van der Waals surface area (Å²) in [5, 5.41) is 12.1. The van der Waals surface area contributed by atoms with Crippen LogP contribution in [0.25, 0.3) is 0 Å². The van der Waals surface area contributed by atoms with Gasteiger partial charge in [0.05, 0.1) is 6.61 Å². The smallest absolute Gasteiger partial charge is 0.347 e. The number of carbonyl (C=O) groups excluding carboxylic acids is 2. The minimum Gasteiger partial charge on any atom is -0.480 e. The second-order valence-corrected chi connectivity index (χ2v) is 5.38. The van der Waals surface area contributed by atoms with E-state index in [1.165, 1.54) is 6.92 Å². The van der Waals surface area contributed by atoms with E-state index >= 15 is 0 Å². The normalized spacial score (nSPS) is 13.5. The third-order valence-corrected chi connectivity index (χ3v) is 3.23. The topological polar surface area (TPSA) is 102 Å². The standard InChI is InChI=1S/C18H23NO6/c1-4-24-18(23)13(3)25-16(20)10-12(2)19-15(17(21)22)11-14-8-6-5-7-9-14/h5-10,13,15,19H,4,11H2,1-3H3,(H,21,22)/t13?,15-/m0/s1. The van der Waals surface area contributed by atoms with Crippen LogP contribution in [0.15, 0.2) is 42.1 Å². The molecule has 7 nitrogen and oxygen atoms in total. The Morgan fingerprint density at radius 1 is 1.24 bits per heavy atom. The zero-order chi connectivity index (χ0) is 18.8. The molecule has 0 spiro atoms. The number of carboxylic acid groups (broad SMARTS) is 1. The monoisotopic (exact) mass is 349 g/mol. The zero-order valence-corrected chi connectivity index (χ0v) is 14.5. The van der Waals surface area contributed by atoms with Gasteiger partial charge >= 0.3 is 17.9 Å². The molecule has 1 aromatic carbocycles. The van der Waals surface area contributed by atoms with E-state index in [1.54, 1.807) is 13.8 Å². The van der Waals surface area contributed by atoms with Gasteiger partial charge in [0.25, 0.3) is 0 Å². The molecule has 1 aromatic rings. The molecule has 0 heterocycles. The lowest BCUT2D eigenvalue weighted by molar-refractivity contribution is -0.163. The van der Waals surface area contributed by atoms with E-state index in [4.69, 9.17) is 9.47 Å². The number of esters is 2. The SMILES string of the molecule is CCOC(=O)C(C)OC(=O)C=C(C)N[C@@H](Cc1ccccc1)C(=O)O. The summed E-state index contributed by atoms with van der Waals surface area (Å²) in [5.41, 5.74) is 1.18. The summed E-state index contributed by atoms with van der Waals surface area (Å²) in [5.74, 6) is -2.43. The van der Waals surface area contributed by atoms with Gasteiger partial charge in [0.2, 0.25) is 0 Å². The quantitative estimate of drug-likeness (QED) is 0.516. The highest BCUT2D eigenvalue weighted by atomic mass is 16.6. The van der Waals surface area contributed by atoms with E-state index in [9.17, 15) is 19.5 Å². The van der Waals surface area contributed by atoms with Gasteiger partial charge in [-0.3, -0.25) is 0 Å². The van der Waals surface area contributed by atoms with E-state index < -0.39 is 30.1 Å². The number of carboxylic acids is 1. The maximum Gasteiger partial charge on any atom is 0.347 e. The third kappa shape index (κ3) is 7.52. The molecule has 136 valence electrons. The molecule has 2 N–H and O–H groups in total. The van der Waals surface area contributed by atoms with Gasteiger partial charge in [-0.25, -0.2) is 14.4 Å². The van der Waals surface area contributed by atoms with Crippen LogP contribution < -0.4 is 5.32 Å². The highest BCUT2D eigenvalue weighted by Crippen LogP contribution is 2.06. The summed E-state index contributed by atoms with van der Waals surface area (Å²) in [7, 11) is 0. The Bertz CT molecular complexity index is 626. The van der Waals surface area contributed by atoms with E-state index in [-0.39, 0.29) is 13.0 Å². The highest BCUT2D eigenvalue weighted by molar-refractivity contribution is 5.86. The summed E-state index contributed by atoms with van der Waals surface area (Å²) in [6.45, 7) is 4.80. The molecule has 0 radical (unpaired) electrons. The van der Waals surface area contributed by atoms with Crippen molar-refractivity contribution in [3.05, 3.63) is 47.7 Å². The molecule has 0 saturated heterocycles. The van der Waals surface area contributed by atoms with Crippen LogP contribution in [0.5, 0.6) is 0 Å². The van der Waals surface area contributed by atoms with Crippen LogP contribution in [0.3, 0.4) is 0 Å². The molecule has 1 rings (SSSR count). The van der Waals surface area contributed by atoms with Crippen LogP contribution in [0.2, 0.25) is 0 Å². The molecule has 0 saturated carbocycles. The average Bonchev–Trinajstić information content (AvgIpc) is 2.55. The minimum atomic E-state index is -1.04. The Morgan fingerprint density at radius 2 is 1.88 bits per heavy atom. The molecule has 0 aromatic heterocycles. The van der Waals surface area contributed by atoms with Crippen LogP contribution in [-0.4, -0.2) is 41.8 Å². The maximum absolute atomic E-state index is 11.8. The van der Waals surface area contributed by atoms with Crippen molar-refractivity contribution in [2.24, 2.45) is 0 Å². The molecule has 0 fully saturated rings. The minimum absolute atomic E-state index is 0.191. The van der Waals surface area contributed by atoms with Crippen molar-refractivity contribution in [3.63, 3.8) is 0 Å². The lowest BCUT2D eigenvalue weighted by Gasteiger charge is -2.16. The summed E-state index contributed by atoms with van der Waals surface area (Å²) >= 11 is 0. The summed E-state index contributed by atoms with van der Waals surface area (Å²) in [6, 6.07) is 8.25. The number of rotatable bonds is 9. The van der Waals surface area contributed by atoms with Gasteiger partial charge in [-0.2, -0.15) is 0 Å². The predicted octanol–water partition coefficient (Wildman–Crippen LogP) is 1.67. The molecular weight excluding hydrogens is 326 g/mol. The maximum atomic E-state index is 11.8. The molecule has 0 bridgehead atoms. The Labute approximate surface area is 146 Å². The van der Waals surface area contributed by atoms with Gasteiger partial charge in [0, 0.05) is 18.2 Å².